The molecule has 1 radical (unpaired) electrons. The molecule has 1 fully saturated rings. The van der Waals surface area contributed by atoms with Crippen molar-refractivity contribution in [1.82, 2.24) is 14.5 Å². The molecule has 1 saturated heterocycles. The largest absolute Gasteiger partial charge is 0.356 e. The minimum atomic E-state index is -0.308. The van der Waals surface area contributed by atoms with Crippen LogP contribution in [0, 0.1) is 26.1 Å². The number of nitrogens with zero attached hydrogens (tertiary/aromatic N) is 4. The van der Waals surface area contributed by atoms with Gasteiger partial charge in [-0.2, -0.15) is 9.97 Å². The van der Waals surface area contributed by atoms with Crippen molar-refractivity contribution in [3.8, 4) is 5.95 Å². The van der Waals surface area contributed by atoms with E-state index in [0.717, 1.165) is 36.7 Å². The lowest BCUT2D eigenvalue weighted by Gasteiger charge is -2.19. The number of para-hydroxylation sites is 1. The fourth-order valence-electron chi connectivity index (χ4n) is 3.23. The molecule has 3 heterocycles. The van der Waals surface area contributed by atoms with Crippen LogP contribution in [-0.2, 0) is 0 Å². The van der Waals surface area contributed by atoms with E-state index in [1.165, 1.54) is 6.07 Å². The minimum Gasteiger partial charge on any atom is -0.356 e. The molecule has 6 heteroatoms. The van der Waals surface area contributed by atoms with Gasteiger partial charge >= 0.3 is 0 Å². The number of benzene rings is 1. The minimum absolute atomic E-state index is 0.308. The third-order valence-electron chi connectivity index (χ3n) is 4.59. The molecule has 4 rings (SSSR count). The van der Waals surface area contributed by atoms with Crippen LogP contribution in [0.3, 0.4) is 0 Å². The second kappa shape index (κ2) is 6.78. The molecule has 0 spiro atoms. The summed E-state index contributed by atoms with van der Waals surface area (Å²) in [6.07, 6.45) is 3.27. The van der Waals surface area contributed by atoms with Crippen molar-refractivity contribution >= 4 is 17.3 Å². The fraction of sp³-hybridized carbons (Fsp3) is 0.250. The normalized spacial score (nSPS) is 14.0. The van der Waals surface area contributed by atoms with E-state index in [4.69, 9.17) is 4.98 Å². The Balaban J connectivity index is 1.79. The topological polar surface area (TPSA) is 46.0 Å². The highest BCUT2D eigenvalue weighted by Crippen LogP contribution is 2.26. The summed E-state index contributed by atoms with van der Waals surface area (Å²) in [5.74, 6) is 1.70. The van der Waals surface area contributed by atoms with Crippen LogP contribution in [0.5, 0.6) is 0 Å². The van der Waals surface area contributed by atoms with Crippen molar-refractivity contribution in [2.45, 2.75) is 20.3 Å². The molecule has 0 unspecified atom stereocenters. The van der Waals surface area contributed by atoms with E-state index in [9.17, 15) is 4.39 Å². The predicted octanol–water partition coefficient (Wildman–Crippen LogP) is 4.18. The molecule has 0 bridgehead atoms. The molecular weight excluding hydrogens is 329 g/mol. The van der Waals surface area contributed by atoms with Crippen LogP contribution in [0.4, 0.5) is 21.7 Å². The summed E-state index contributed by atoms with van der Waals surface area (Å²) in [6, 6.07) is 12.6. The van der Waals surface area contributed by atoms with Gasteiger partial charge in [0.1, 0.15) is 17.5 Å². The maximum atomic E-state index is 14.1. The van der Waals surface area contributed by atoms with E-state index in [2.05, 4.69) is 21.6 Å². The first-order chi connectivity index (χ1) is 12.6. The SMILES string of the molecule is Cc1ccc(C)n1-c1nc(Nc2ccccc2F)cc(N2C[CH]CC2)n1. The third-order valence-corrected chi connectivity index (χ3v) is 4.59. The molecule has 0 amide bonds. The van der Waals surface area contributed by atoms with Crippen LogP contribution in [0.2, 0.25) is 0 Å². The molecule has 1 aromatic carbocycles. The second-order valence-corrected chi connectivity index (χ2v) is 6.49. The number of aromatic nitrogens is 3. The average Bonchev–Trinajstić information content (AvgIpc) is 3.27. The molecule has 1 aliphatic rings. The summed E-state index contributed by atoms with van der Waals surface area (Å²) >= 11 is 0. The van der Waals surface area contributed by atoms with E-state index in [1.807, 2.05) is 36.6 Å². The van der Waals surface area contributed by atoms with Crippen molar-refractivity contribution < 1.29 is 4.39 Å². The molecule has 2 aromatic heterocycles. The average molecular weight is 350 g/mol. The number of nitrogens with one attached hydrogen (secondary N) is 1. The van der Waals surface area contributed by atoms with Gasteiger partial charge < -0.3 is 10.2 Å². The Hall–Kier alpha value is -2.89. The molecule has 133 valence electrons. The van der Waals surface area contributed by atoms with Crippen molar-refractivity contribution in [2.75, 3.05) is 23.3 Å². The third kappa shape index (κ3) is 3.14. The van der Waals surface area contributed by atoms with E-state index in [-0.39, 0.29) is 5.82 Å². The number of hydrogen-bond donors (Lipinski definition) is 1. The number of rotatable bonds is 4. The molecule has 1 N–H and O–H groups in total. The van der Waals surface area contributed by atoms with Crippen LogP contribution in [-0.4, -0.2) is 27.6 Å². The summed E-state index contributed by atoms with van der Waals surface area (Å²) in [5, 5.41) is 3.10. The fourth-order valence-corrected chi connectivity index (χ4v) is 3.23. The molecule has 0 atom stereocenters. The molecule has 0 aliphatic carbocycles. The predicted molar refractivity (Wildman–Crippen MR) is 102 cm³/mol. The zero-order valence-electron chi connectivity index (χ0n) is 14.9. The first kappa shape index (κ1) is 16.6. The first-order valence-corrected chi connectivity index (χ1v) is 8.74. The highest BCUT2D eigenvalue weighted by atomic mass is 19.1. The van der Waals surface area contributed by atoms with Gasteiger partial charge in [0.15, 0.2) is 0 Å². The lowest BCUT2D eigenvalue weighted by atomic mass is 10.3. The van der Waals surface area contributed by atoms with Crippen LogP contribution < -0.4 is 10.2 Å². The summed E-state index contributed by atoms with van der Waals surface area (Å²) in [6.45, 7) is 5.84. The Kier molecular flexibility index (Phi) is 4.32. The lowest BCUT2D eigenvalue weighted by molar-refractivity contribution is 0.631. The number of hydrogen-bond acceptors (Lipinski definition) is 4. The smallest absolute Gasteiger partial charge is 0.238 e. The standard InChI is InChI=1S/C20H21FN5/c1-14-9-10-15(2)26(14)20-23-18(22-17-8-4-3-7-16(17)21)13-19(24-20)25-11-5-6-12-25/h3-5,7-10,13H,6,11-12H2,1-2H3,(H,22,23,24). The van der Waals surface area contributed by atoms with Crippen LogP contribution in [0.25, 0.3) is 5.95 Å². The van der Waals surface area contributed by atoms with E-state index in [0.29, 0.717) is 17.5 Å². The van der Waals surface area contributed by atoms with E-state index in [1.54, 1.807) is 18.2 Å². The highest BCUT2D eigenvalue weighted by Gasteiger charge is 2.18. The Morgan fingerprint density at radius 2 is 1.81 bits per heavy atom. The summed E-state index contributed by atoms with van der Waals surface area (Å²) < 4.78 is 16.1. The molecular formula is C20H21FN5. The summed E-state index contributed by atoms with van der Waals surface area (Å²) in [5.41, 5.74) is 2.52. The molecule has 1 aliphatic heterocycles. The van der Waals surface area contributed by atoms with Crippen LogP contribution in [0.1, 0.15) is 17.8 Å². The van der Waals surface area contributed by atoms with Gasteiger partial charge in [-0.15, -0.1) is 0 Å². The maximum absolute atomic E-state index is 14.1. The van der Waals surface area contributed by atoms with Gasteiger partial charge in [-0.25, -0.2) is 4.39 Å². The van der Waals surface area contributed by atoms with Gasteiger partial charge in [0, 0.05) is 30.5 Å². The lowest BCUT2D eigenvalue weighted by Crippen LogP contribution is -2.21. The Morgan fingerprint density at radius 3 is 2.50 bits per heavy atom. The Bertz CT molecular complexity index is 908. The van der Waals surface area contributed by atoms with E-state index < -0.39 is 0 Å². The van der Waals surface area contributed by atoms with Crippen LogP contribution >= 0.6 is 0 Å². The molecule has 3 aromatic rings. The van der Waals surface area contributed by atoms with Gasteiger partial charge in [-0.1, -0.05) is 12.1 Å². The van der Waals surface area contributed by atoms with Crippen molar-refractivity contribution in [2.24, 2.45) is 0 Å². The Labute approximate surface area is 152 Å². The van der Waals surface area contributed by atoms with Gasteiger partial charge in [-0.05, 0) is 51.0 Å². The van der Waals surface area contributed by atoms with Gasteiger partial charge in [0.05, 0.1) is 5.69 Å². The molecule has 5 nitrogen and oxygen atoms in total. The number of halogens is 1. The summed E-state index contributed by atoms with van der Waals surface area (Å²) in [4.78, 5) is 11.6. The highest BCUT2D eigenvalue weighted by molar-refractivity contribution is 5.61. The van der Waals surface area contributed by atoms with Gasteiger partial charge in [0.25, 0.3) is 0 Å². The first-order valence-electron chi connectivity index (χ1n) is 8.74. The van der Waals surface area contributed by atoms with Gasteiger partial charge in [-0.3, -0.25) is 4.57 Å². The zero-order valence-corrected chi connectivity index (χ0v) is 14.9. The maximum Gasteiger partial charge on any atom is 0.238 e. The monoisotopic (exact) mass is 350 g/mol. The quantitative estimate of drug-likeness (QED) is 0.767. The molecule has 0 saturated carbocycles. The van der Waals surface area contributed by atoms with Crippen molar-refractivity contribution in [3.05, 3.63) is 66.1 Å². The van der Waals surface area contributed by atoms with Gasteiger partial charge in [0.2, 0.25) is 5.95 Å². The van der Waals surface area contributed by atoms with Crippen LogP contribution in [0.15, 0.2) is 42.5 Å². The van der Waals surface area contributed by atoms with Crippen molar-refractivity contribution in [3.63, 3.8) is 0 Å². The number of aryl methyl sites for hydroxylation is 2. The van der Waals surface area contributed by atoms with Crippen molar-refractivity contribution in [1.29, 1.82) is 0 Å². The summed E-state index contributed by atoms with van der Waals surface area (Å²) in [7, 11) is 0. The second-order valence-electron chi connectivity index (χ2n) is 6.49. The zero-order chi connectivity index (χ0) is 18.1. The van der Waals surface area contributed by atoms with E-state index >= 15 is 0 Å². The Morgan fingerprint density at radius 1 is 1.04 bits per heavy atom. The number of anilines is 3. The molecule has 26 heavy (non-hydrogen) atoms.